The highest BCUT2D eigenvalue weighted by Gasteiger charge is 2.41. The van der Waals surface area contributed by atoms with E-state index in [-0.39, 0.29) is 5.91 Å². The van der Waals surface area contributed by atoms with Gasteiger partial charge >= 0.3 is 5.97 Å². The van der Waals surface area contributed by atoms with Gasteiger partial charge in [0.2, 0.25) is 0 Å². The molecule has 1 aliphatic heterocycles. The molecular weight excluding hydrogens is 266 g/mol. The van der Waals surface area contributed by atoms with Crippen LogP contribution in [0.15, 0.2) is 24.3 Å². The molecule has 0 atom stereocenters. The lowest BCUT2D eigenvalue weighted by Crippen LogP contribution is -2.46. The quantitative estimate of drug-likeness (QED) is 0.926. The molecule has 1 aliphatic rings. The first-order valence-corrected chi connectivity index (χ1v) is 7.58. The topological polar surface area (TPSA) is 57.6 Å². The van der Waals surface area contributed by atoms with E-state index in [0.717, 1.165) is 12.0 Å². The highest BCUT2D eigenvalue weighted by molar-refractivity contribution is 5.94. The van der Waals surface area contributed by atoms with E-state index in [1.807, 2.05) is 38.1 Å². The van der Waals surface area contributed by atoms with Crippen molar-refractivity contribution in [3.05, 3.63) is 35.4 Å². The van der Waals surface area contributed by atoms with E-state index in [1.165, 1.54) is 0 Å². The van der Waals surface area contributed by atoms with E-state index in [4.69, 9.17) is 0 Å². The van der Waals surface area contributed by atoms with E-state index in [0.29, 0.717) is 37.9 Å². The molecule has 0 saturated carbocycles. The Hall–Kier alpha value is -1.84. The molecule has 21 heavy (non-hydrogen) atoms. The Kier molecular flexibility index (Phi) is 4.66. The Morgan fingerprint density at radius 3 is 2.48 bits per heavy atom. The van der Waals surface area contributed by atoms with Crippen LogP contribution in [-0.4, -0.2) is 35.0 Å². The summed E-state index contributed by atoms with van der Waals surface area (Å²) in [4.78, 5) is 25.8. The molecule has 0 aromatic heterocycles. The molecule has 1 fully saturated rings. The van der Waals surface area contributed by atoms with E-state index in [2.05, 4.69) is 0 Å². The lowest BCUT2D eigenvalue weighted by molar-refractivity contribution is -0.152. The van der Waals surface area contributed by atoms with Gasteiger partial charge in [0, 0.05) is 18.7 Å². The number of carboxylic acid groups (broad SMARTS) is 1. The van der Waals surface area contributed by atoms with Crippen molar-refractivity contribution in [2.75, 3.05) is 13.1 Å². The van der Waals surface area contributed by atoms with Crippen LogP contribution in [0.2, 0.25) is 0 Å². The maximum Gasteiger partial charge on any atom is 0.309 e. The maximum absolute atomic E-state index is 12.5. The summed E-state index contributed by atoms with van der Waals surface area (Å²) in [6, 6.07) is 7.54. The summed E-state index contributed by atoms with van der Waals surface area (Å²) in [5, 5.41) is 9.49. The van der Waals surface area contributed by atoms with Crippen LogP contribution in [0.3, 0.4) is 0 Å². The molecule has 0 bridgehead atoms. The zero-order valence-corrected chi connectivity index (χ0v) is 12.8. The Labute approximate surface area is 125 Å². The van der Waals surface area contributed by atoms with Gasteiger partial charge in [-0.25, -0.2) is 0 Å². The van der Waals surface area contributed by atoms with Crippen molar-refractivity contribution in [1.29, 1.82) is 0 Å². The molecule has 0 unspecified atom stereocenters. The Morgan fingerprint density at radius 2 is 1.95 bits per heavy atom. The Balaban J connectivity index is 2.06. The van der Waals surface area contributed by atoms with Gasteiger partial charge in [-0.15, -0.1) is 0 Å². The fraction of sp³-hybridized carbons (Fsp3) is 0.529. The number of carbonyl (C=O) groups excluding carboxylic acids is 1. The minimum Gasteiger partial charge on any atom is -0.481 e. The number of carbonyl (C=O) groups is 2. The molecule has 4 nitrogen and oxygen atoms in total. The first-order valence-electron chi connectivity index (χ1n) is 7.58. The lowest BCUT2D eigenvalue weighted by atomic mass is 9.75. The minimum absolute atomic E-state index is 0.00851. The molecule has 1 heterocycles. The third-order valence-electron chi connectivity index (χ3n) is 4.46. The van der Waals surface area contributed by atoms with Gasteiger partial charge in [-0.3, -0.25) is 9.59 Å². The standard InChI is InChI=1S/C17H23NO3/c1-3-7-17(16(20)21)8-10-18(11-9-17)15(19)14-6-4-5-13(2)12-14/h4-6,12H,3,7-11H2,1-2H3,(H,20,21). The van der Waals surface area contributed by atoms with Crippen molar-refractivity contribution in [3.63, 3.8) is 0 Å². The third-order valence-corrected chi connectivity index (χ3v) is 4.46. The number of piperidine rings is 1. The van der Waals surface area contributed by atoms with Crippen LogP contribution in [0.4, 0.5) is 0 Å². The number of aryl methyl sites for hydroxylation is 1. The SMILES string of the molecule is CCCC1(C(=O)O)CCN(C(=O)c2cccc(C)c2)CC1. The monoisotopic (exact) mass is 289 g/mol. The second kappa shape index (κ2) is 6.29. The molecule has 4 heteroatoms. The van der Waals surface area contributed by atoms with E-state index in [9.17, 15) is 14.7 Å². The van der Waals surface area contributed by atoms with Crippen molar-refractivity contribution in [2.24, 2.45) is 5.41 Å². The minimum atomic E-state index is -0.716. The zero-order valence-electron chi connectivity index (χ0n) is 12.8. The van der Waals surface area contributed by atoms with E-state index < -0.39 is 11.4 Å². The van der Waals surface area contributed by atoms with Crippen LogP contribution in [0.1, 0.15) is 48.5 Å². The van der Waals surface area contributed by atoms with Gasteiger partial charge < -0.3 is 10.0 Å². The number of nitrogens with zero attached hydrogens (tertiary/aromatic N) is 1. The molecule has 0 radical (unpaired) electrons. The Morgan fingerprint density at radius 1 is 1.29 bits per heavy atom. The van der Waals surface area contributed by atoms with E-state index >= 15 is 0 Å². The van der Waals surface area contributed by atoms with E-state index in [1.54, 1.807) is 4.90 Å². The average Bonchev–Trinajstić information content (AvgIpc) is 2.47. The molecule has 0 aliphatic carbocycles. The van der Waals surface area contributed by atoms with Crippen molar-refractivity contribution in [3.8, 4) is 0 Å². The third kappa shape index (κ3) is 3.26. The van der Waals surface area contributed by atoms with Crippen molar-refractivity contribution < 1.29 is 14.7 Å². The van der Waals surface area contributed by atoms with Crippen LogP contribution in [0.25, 0.3) is 0 Å². The van der Waals surface area contributed by atoms with Crippen molar-refractivity contribution >= 4 is 11.9 Å². The fourth-order valence-corrected chi connectivity index (χ4v) is 3.15. The van der Waals surface area contributed by atoms with Crippen LogP contribution in [-0.2, 0) is 4.79 Å². The summed E-state index contributed by atoms with van der Waals surface area (Å²) in [7, 11) is 0. The molecule has 0 spiro atoms. The highest BCUT2D eigenvalue weighted by Crippen LogP contribution is 2.36. The first-order chi connectivity index (χ1) is 9.98. The van der Waals surface area contributed by atoms with Crippen molar-refractivity contribution in [1.82, 2.24) is 4.90 Å². The van der Waals surface area contributed by atoms with Crippen molar-refractivity contribution in [2.45, 2.75) is 39.5 Å². The molecular formula is C17H23NO3. The van der Waals surface area contributed by atoms with Gasteiger partial charge in [0.15, 0.2) is 0 Å². The van der Waals surface area contributed by atoms with Gasteiger partial charge in [-0.2, -0.15) is 0 Å². The van der Waals surface area contributed by atoms with Gasteiger partial charge in [0.05, 0.1) is 5.41 Å². The molecule has 1 aromatic carbocycles. The fourth-order valence-electron chi connectivity index (χ4n) is 3.15. The number of hydrogen-bond donors (Lipinski definition) is 1. The number of amides is 1. The van der Waals surface area contributed by atoms with Crippen LogP contribution in [0, 0.1) is 12.3 Å². The van der Waals surface area contributed by atoms with Gasteiger partial charge in [-0.05, 0) is 38.3 Å². The predicted octanol–water partition coefficient (Wildman–Crippen LogP) is 3.10. The second-order valence-corrected chi connectivity index (χ2v) is 6.00. The number of aliphatic carboxylic acids is 1. The summed E-state index contributed by atoms with van der Waals surface area (Å²) in [5.74, 6) is -0.707. The largest absolute Gasteiger partial charge is 0.481 e. The van der Waals surface area contributed by atoms with Crippen LogP contribution >= 0.6 is 0 Å². The van der Waals surface area contributed by atoms with Crippen LogP contribution in [0.5, 0.6) is 0 Å². The van der Waals surface area contributed by atoms with Gasteiger partial charge in [0.1, 0.15) is 0 Å². The maximum atomic E-state index is 12.5. The summed E-state index contributed by atoms with van der Waals surface area (Å²) in [6.45, 7) is 5.02. The summed E-state index contributed by atoms with van der Waals surface area (Å²) in [6.07, 6.45) is 2.65. The number of carboxylic acids is 1. The summed E-state index contributed by atoms with van der Waals surface area (Å²) >= 11 is 0. The average molecular weight is 289 g/mol. The normalized spacial score (nSPS) is 17.5. The smallest absolute Gasteiger partial charge is 0.309 e. The highest BCUT2D eigenvalue weighted by atomic mass is 16.4. The first kappa shape index (κ1) is 15.5. The molecule has 1 amide bonds. The number of benzene rings is 1. The number of likely N-dealkylation sites (tertiary alicyclic amines) is 1. The number of hydrogen-bond acceptors (Lipinski definition) is 2. The Bertz CT molecular complexity index is 531. The zero-order chi connectivity index (χ0) is 15.5. The second-order valence-electron chi connectivity index (χ2n) is 6.00. The molecule has 1 saturated heterocycles. The summed E-state index contributed by atoms with van der Waals surface area (Å²) in [5.41, 5.74) is 1.11. The predicted molar refractivity (Wildman–Crippen MR) is 81.3 cm³/mol. The molecule has 1 N–H and O–H groups in total. The number of rotatable bonds is 4. The molecule has 114 valence electrons. The molecule has 2 rings (SSSR count). The summed E-state index contributed by atoms with van der Waals surface area (Å²) < 4.78 is 0. The van der Waals surface area contributed by atoms with Gasteiger partial charge in [-0.1, -0.05) is 31.0 Å². The molecule has 1 aromatic rings. The van der Waals surface area contributed by atoms with Gasteiger partial charge in [0.25, 0.3) is 5.91 Å². The van der Waals surface area contributed by atoms with Crippen LogP contribution < -0.4 is 0 Å². The lowest BCUT2D eigenvalue weighted by Gasteiger charge is -2.38.